The molecule has 21 heavy (non-hydrogen) atoms. The third-order valence-electron chi connectivity index (χ3n) is 2.94. The fourth-order valence-electron chi connectivity index (χ4n) is 1.84. The fourth-order valence-corrected chi connectivity index (χ4v) is 2.01. The molecule has 1 aliphatic rings. The molecule has 0 atom stereocenters. The second-order valence-corrected chi connectivity index (χ2v) is 5.28. The Morgan fingerprint density at radius 3 is 2.81 bits per heavy atom. The molecule has 0 saturated carbocycles. The molecule has 1 N–H and O–H groups in total. The zero-order valence-corrected chi connectivity index (χ0v) is 14.3. The first-order valence-electron chi connectivity index (χ1n) is 6.98. The molecule has 0 radical (unpaired) electrons. The first-order valence-corrected chi connectivity index (χ1v) is 8.51. The van der Waals surface area contributed by atoms with Crippen LogP contribution in [0, 0.1) is 12.0 Å². The lowest BCUT2D eigenvalue weighted by Gasteiger charge is -2.09. The number of amides is 1. The van der Waals surface area contributed by atoms with Crippen LogP contribution in [0.1, 0.15) is 30.9 Å². The molecule has 0 unspecified atom stereocenters. The zero-order valence-electron chi connectivity index (χ0n) is 12.2. The normalized spacial score (nSPS) is 10.8. The highest BCUT2D eigenvalue weighted by molar-refractivity contribution is 14.1. The van der Waals surface area contributed by atoms with Crippen molar-refractivity contribution in [2.75, 3.05) is 11.0 Å². The van der Waals surface area contributed by atoms with Crippen LogP contribution in [0.4, 0.5) is 4.79 Å². The highest BCUT2D eigenvalue weighted by Crippen LogP contribution is 2.17. The molecule has 1 amide bonds. The molecule has 0 aromatic heterocycles. The Kier molecular flexibility index (Phi) is 8.60. The van der Waals surface area contributed by atoms with Crippen LogP contribution in [0.25, 0.3) is 6.08 Å². The zero-order chi connectivity index (χ0) is 15.5. The predicted molar refractivity (Wildman–Crippen MR) is 95.5 cm³/mol. The van der Waals surface area contributed by atoms with Gasteiger partial charge in [0.2, 0.25) is 0 Å². The Hall–Kier alpha value is -1.48. The van der Waals surface area contributed by atoms with Crippen molar-refractivity contribution in [1.82, 2.24) is 4.90 Å². The molecule has 1 aromatic carbocycles. The van der Waals surface area contributed by atoms with E-state index >= 15 is 0 Å². The van der Waals surface area contributed by atoms with Gasteiger partial charge in [-0.2, -0.15) is 0 Å². The Morgan fingerprint density at radius 1 is 1.43 bits per heavy atom. The molecule has 3 nitrogen and oxygen atoms in total. The van der Waals surface area contributed by atoms with Crippen LogP contribution >= 0.6 is 22.6 Å². The third kappa shape index (κ3) is 6.67. The van der Waals surface area contributed by atoms with E-state index in [1.54, 1.807) is 0 Å². The van der Waals surface area contributed by atoms with E-state index in [1.165, 1.54) is 11.1 Å². The van der Waals surface area contributed by atoms with Gasteiger partial charge < -0.3 is 5.11 Å². The van der Waals surface area contributed by atoms with E-state index in [-0.39, 0.29) is 0 Å². The predicted octanol–water partition coefficient (Wildman–Crippen LogP) is 4.42. The minimum absolute atomic E-state index is 0.509. The summed E-state index contributed by atoms with van der Waals surface area (Å²) >= 11 is 2.09. The van der Waals surface area contributed by atoms with Crippen molar-refractivity contribution in [3.05, 3.63) is 41.5 Å². The largest absolute Gasteiger partial charge is 0.464 e. The molecule has 0 saturated heterocycles. The van der Waals surface area contributed by atoms with Gasteiger partial charge in [0.15, 0.2) is 0 Å². The Labute approximate surface area is 140 Å². The monoisotopic (exact) mass is 397 g/mol. The fraction of sp³-hybridized carbons (Fsp3) is 0.353. The molecule has 1 aliphatic carbocycles. The summed E-state index contributed by atoms with van der Waals surface area (Å²) < 4.78 is 0.660. The van der Waals surface area contributed by atoms with Gasteiger partial charge in [-0.1, -0.05) is 78.3 Å². The van der Waals surface area contributed by atoms with Crippen LogP contribution in [-0.4, -0.2) is 27.1 Å². The summed E-state index contributed by atoms with van der Waals surface area (Å²) in [6, 6.07) is 11.1. The standard InChI is InChI=1S/C9H8.C8H12INO2/c1-2-5-9-7-3-6-8(9)4-1;1-2-3-6-10(8(11)12)7-4-5-9/h1-6H,7H2;2-3,5-6H2,1H3,(H,11,12). The summed E-state index contributed by atoms with van der Waals surface area (Å²) in [5.41, 5.74) is 2.84. The number of carboxylic acid groups (broad SMARTS) is 1. The summed E-state index contributed by atoms with van der Waals surface area (Å²) in [5, 5.41) is 8.65. The number of allylic oxidation sites excluding steroid dienone is 1. The molecule has 0 fully saturated rings. The minimum atomic E-state index is -0.958. The molecular formula is C17H20INO2. The average Bonchev–Trinajstić information content (AvgIpc) is 2.96. The number of hydrogen-bond acceptors (Lipinski definition) is 1. The van der Waals surface area contributed by atoms with E-state index in [9.17, 15) is 4.79 Å². The van der Waals surface area contributed by atoms with Gasteiger partial charge in [0.25, 0.3) is 0 Å². The summed E-state index contributed by atoms with van der Waals surface area (Å²) in [6.07, 6.45) is 6.38. The van der Waals surface area contributed by atoms with E-state index in [4.69, 9.17) is 5.11 Å². The second kappa shape index (κ2) is 10.3. The molecule has 1 aromatic rings. The topological polar surface area (TPSA) is 40.5 Å². The lowest BCUT2D eigenvalue weighted by atomic mass is 10.1. The lowest BCUT2D eigenvalue weighted by molar-refractivity contribution is 0.165. The number of rotatable bonds is 3. The van der Waals surface area contributed by atoms with Gasteiger partial charge in [-0.3, -0.25) is 0 Å². The number of carbonyl (C=O) groups is 1. The van der Waals surface area contributed by atoms with Crippen molar-refractivity contribution < 1.29 is 9.90 Å². The first kappa shape index (κ1) is 17.6. The Balaban J connectivity index is 0.000000216. The van der Waals surface area contributed by atoms with Crippen molar-refractivity contribution in [2.45, 2.75) is 26.2 Å². The van der Waals surface area contributed by atoms with Crippen LogP contribution in [0.2, 0.25) is 0 Å². The molecule has 0 spiro atoms. The summed E-state index contributed by atoms with van der Waals surface area (Å²) in [5.74, 6) is 2.72. The Morgan fingerprint density at radius 2 is 2.19 bits per heavy atom. The van der Waals surface area contributed by atoms with Gasteiger partial charge >= 0.3 is 6.09 Å². The summed E-state index contributed by atoms with van der Waals surface area (Å²) in [4.78, 5) is 11.7. The number of benzene rings is 1. The maximum Gasteiger partial charge on any atom is 0.419 e. The summed E-state index contributed by atoms with van der Waals surface area (Å²) in [7, 11) is 0. The SMILES string of the molecule is C1=Cc2ccccc2C1.CCCCN(C#CCI)C(=O)O. The van der Waals surface area contributed by atoms with Crippen molar-refractivity contribution in [2.24, 2.45) is 0 Å². The first-order chi connectivity index (χ1) is 10.2. The van der Waals surface area contributed by atoms with Gasteiger partial charge in [-0.15, -0.1) is 0 Å². The smallest absolute Gasteiger partial charge is 0.419 e. The van der Waals surface area contributed by atoms with Crippen molar-refractivity contribution in [1.29, 1.82) is 0 Å². The maximum absolute atomic E-state index is 10.5. The van der Waals surface area contributed by atoms with E-state index in [0.717, 1.165) is 24.2 Å². The molecular weight excluding hydrogens is 377 g/mol. The second-order valence-electron chi connectivity index (χ2n) is 4.52. The van der Waals surface area contributed by atoms with Crippen LogP contribution < -0.4 is 0 Å². The molecule has 2 rings (SSSR count). The maximum atomic E-state index is 10.5. The van der Waals surface area contributed by atoms with Crippen LogP contribution in [0.3, 0.4) is 0 Å². The van der Waals surface area contributed by atoms with Gasteiger partial charge in [0.05, 0.1) is 4.43 Å². The minimum Gasteiger partial charge on any atom is -0.464 e. The van der Waals surface area contributed by atoms with Gasteiger partial charge in [0.1, 0.15) is 0 Å². The van der Waals surface area contributed by atoms with Crippen LogP contribution in [0.5, 0.6) is 0 Å². The van der Waals surface area contributed by atoms with Crippen molar-refractivity contribution >= 4 is 34.8 Å². The molecule has 0 bridgehead atoms. The number of halogens is 1. The van der Waals surface area contributed by atoms with Crippen LogP contribution in [-0.2, 0) is 6.42 Å². The average molecular weight is 397 g/mol. The number of fused-ring (bicyclic) bond motifs is 1. The van der Waals surface area contributed by atoms with Crippen molar-refractivity contribution in [3.8, 4) is 12.0 Å². The third-order valence-corrected chi connectivity index (χ3v) is 3.32. The van der Waals surface area contributed by atoms with Gasteiger partial charge in [-0.05, 0) is 24.0 Å². The van der Waals surface area contributed by atoms with Gasteiger partial charge in [-0.25, -0.2) is 9.69 Å². The Bertz CT molecular complexity index is 543. The van der Waals surface area contributed by atoms with Gasteiger partial charge in [0, 0.05) is 12.6 Å². The quantitative estimate of drug-likeness (QED) is 0.355. The molecule has 0 aliphatic heterocycles. The van der Waals surface area contributed by atoms with Crippen molar-refractivity contribution in [3.63, 3.8) is 0 Å². The molecule has 0 heterocycles. The number of nitrogens with zero attached hydrogens (tertiary/aromatic N) is 1. The van der Waals surface area contributed by atoms with E-state index in [2.05, 4.69) is 71.0 Å². The molecule has 4 heteroatoms. The van der Waals surface area contributed by atoms with E-state index in [0.29, 0.717) is 11.0 Å². The van der Waals surface area contributed by atoms with E-state index < -0.39 is 6.09 Å². The summed E-state index contributed by atoms with van der Waals surface area (Å²) in [6.45, 7) is 2.53. The highest BCUT2D eigenvalue weighted by atomic mass is 127. The van der Waals surface area contributed by atoms with Crippen LogP contribution in [0.15, 0.2) is 30.3 Å². The number of unbranched alkanes of at least 4 members (excludes halogenated alkanes) is 1. The number of hydrogen-bond donors (Lipinski definition) is 1. The molecule has 112 valence electrons. The number of alkyl halides is 1. The highest BCUT2D eigenvalue weighted by Gasteiger charge is 2.06. The lowest BCUT2D eigenvalue weighted by Crippen LogP contribution is -2.25. The van der Waals surface area contributed by atoms with E-state index in [1.807, 2.05) is 6.92 Å².